The van der Waals surface area contributed by atoms with E-state index in [9.17, 15) is 4.79 Å². The predicted octanol–water partition coefficient (Wildman–Crippen LogP) is 2.66. The summed E-state index contributed by atoms with van der Waals surface area (Å²) in [6.07, 6.45) is 1.61. The summed E-state index contributed by atoms with van der Waals surface area (Å²) >= 11 is 0. The van der Waals surface area contributed by atoms with Gasteiger partial charge in [0, 0.05) is 26.7 Å². The van der Waals surface area contributed by atoms with Gasteiger partial charge in [0.2, 0.25) is 0 Å². The fourth-order valence-corrected chi connectivity index (χ4v) is 2.88. The van der Waals surface area contributed by atoms with Crippen LogP contribution in [0.25, 0.3) is 0 Å². The third kappa shape index (κ3) is 6.37. The van der Waals surface area contributed by atoms with Crippen molar-refractivity contribution in [1.29, 1.82) is 0 Å². The van der Waals surface area contributed by atoms with Crippen molar-refractivity contribution in [2.75, 3.05) is 33.9 Å². The molecule has 0 saturated carbocycles. The molecule has 1 aliphatic heterocycles. The first-order valence-electron chi connectivity index (χ1n) is 8.43. The van der Waals surface area contributed by atoms with E-state index in [1.165, 1.54) is 0 Å². The number of carbonyl (C=O) groups excluding carboxylic acids is 1. The highest BCUT2D eigenvalue weighted by Gasteiger charge is 2.27. The van der Waals surface area contributed by atoms with Crippen molar-refractivity contribution >= 4 is 35.9 Å². The molecule has 25 heavy (non-hydrogen) atoms. The highest BCUT2D eigenvalue weighted by Crippen LogP contribution is 2.19. The van der Waals surface area contributed by atoms with Crippen LogP contribution in [0.15, 0.2) is 29.3 Å². The van der Waals surface area contributed by atoms with Crippen LogP contribution in [-0.4, -0.2) is 50.7 Å². The van der Waals surface area contributed by atoms with Crippen LogP contribution in [0.5, 0.6) is 5.75 Å². The van der Waals surface area contributed by atoms with E-state index < -0.39 is 0 Å². The Hall–Kier alpha value is -1.51. The number of aliphatic imine (C=N–C) groups is 1. The summed E-state index contributed by atoms with van der Waals surface area (Å²) in [5.74, 6) is 1.65. The van der Waals surface area contributed by atoms with E-state index in [-0.39, 0.29) is 35.9 Å². The first-order valence-corrected chi connectivity index (χ1v) is 8.43. The van der Waals surface area contributed by atoms with Gasteiger partial charge in [0.1, 0.15) is 5.75 Å². The highest BCUT2D eigenvalue weighted by atomic mass is 127. The van der Waals surface area contributed by atoms with Gasteiger partial charge in [0.25, 0.3) is 0 Å². The molecule has 6 nitrogen and oxygen atoms in total. The van der Waals surface area contributed by atoms with Gasteiger partial charge in [-0.1, -0.05) is 12.1 Å². The Morgan fingerprint density at radius 1 is 1.36 bits per heavy atom. The number of likely N-dealkylation sites (tertiary alicyclic amines) is 1. The number of esters is 1. The fourth-order valence-electron chi connectivity index (χ4n) is 2.88. The second kappa shape index (κ2) is 11.2. The Balaban J connectivity index is 0.00000312. The third-order valence-corrected chi connectivity index (χ3v) is 4.21. The van der Waals surface area contributed by atoms with Gasteiger partial charge in [-0.15, -0.1) is 24.0 Å². The summed E-state index contributed by atoms with van der Waals surface area (Å²) in [6.45, 7) is 4.59. The number of methoxy groups -OCH3 is 1. The molecule has 0 aromatic heterocycles. The number of piperidine rings is 1. The quantitative estimate of drug-likeness (QED) is 0.316. The molecule has 0 radical (unpaired) electrons. The highest BCUT2D eigenvalue weighted by molar-refractivity contribution is 14.0. The van der Waals surface area contributed by atoms with E-state index in [1.807, 2.05) is 25.1 Å². The van der Waals surface area contributed by atoms with Gasteiger partial charge in [-0.05, 0) is 37.5 Å². The van der Waals surface area contributed by atoms with E-state index in [1.54, 1.807) is 14.2 Å². The van der Waals surface area contributed by atoms with Crippen molar-refractivity contribution in [2.24, 2.45) is 10.9 Å². The molecule has 140 valence electrons. The molecule has 0 spiro atoms. The average molecular weight is 461 g/mol. The molecule has 7 heteroatoms. The van der Waals surface area contributed by atoms with Crippen molar-refractivity contribution in [1.82, 2.24) is 10.2 Å². The molecule has 0 amide bonds. The third-order valence-electron chi connectivity index (χ3n) is 4.21. The lowest BCUT2D eigenvalue weighted by molar-refractivity contribution is -0.149. The largest absolute Gasteiger partial charge is 0.497 e. The van der Waals surface area contributed by atoms with Gasteiger partial charge in [0.05, 0.1) is 19.6 Å². The molecule has 2 rings (SSSR count). The molecule has 1 aromatic carbocycles. The van der Waals surface area contributed by atoms with Gasteiger partial charge >= 0.3 is 5.97 Å². The minimum Gasteiger partial charge on any atom is -0.497 e. The van der Waals surface area contributed by atoms with Crippen molar-refractivity contribution in [3.05, 3.63) is 29.8 Å². The number of nitrogens with zero attached hydrogens (tertiary/aromatic N) is 2. The van der Waals surface area contributed by atoms with E-state index in [0.717, 1.165) is 43.2 Å². The topological polar surface area (TPSA) is 63.2 Å². The Morgan fingerprint density at radius 3 is 2.68 bits per heavy atom. The minimum atomic E-state index is -0.0727. The summed E-state index contributed by atoms with van der Waals surface area (Å²) in [4.78, 5) is 18.4. The first kappa shape index (κ1) is 21.5. The van der Waals surface area contributed by atoms with Crippen LogP contribution in [0.3, 0.4) is 0 Å². The van der Waals surface area contributed by atoms with E-state index >= 15 is 0 Å². The lowest BCUT2D eigenvalue weighted by atomic mass is 9.97. The van der Waals surface area contributed by atoms with Gasteiger partial charge in [-0.3, -0.25) is 9.79 Å². The second-order valence-corrected chi connectivity index (χ2v) is 5.77. The zero-order chi connectivity index (χ0) is 17.4. The first-order chi connectivity index (χ1) is 11.7. The van der Waals surface area contributed by atoms with Crippen molar-refractivity contribution < 1.29 is 14.3 Å². The molecule has 1 aromatic rings. The van der Waals surface area contributed by atoms with Gasteiger partial charge in [-0.25, -0.2) is 0 Å². The van der Waals surface area contributed by atoms with Crippen LogP contribution in [0, 0.1) is 5.92 Å². The number of hydrogen-bond donors (Lipinski definition) is 1. The normalized spacial score (nSPS) is 15.3. The number of ether oxygens (including phenoxy) is 2. The molecular weight excluding hydrogens is 433 g/mol. The Labute approximate surface area is 167 Å². The maximum absolute atomic E-state index is 11.8. The predicted molar refractivity (Wildman–Crippen MR) is 110 cm³/mol. The Kier molecular flexibility index (Phi) is 9.62. The molecular formula is C18H28IN3O3. The van der Waals surface area contributed by atoms with Crippen LogP contribution in [0.1, 0.15) is 25.3 Å². The number of rotatable bonds is 5. The fraction of sp³-hybridized carbons (Fsp3) is 0.556. The summed E-state index contributed by atoms with van der Waals surface area (Å²) < 4.78 is 10.4. The Bertz CT molecular complexity index is 572. The van der Waals surface area contributed by atoms with Crippen molar-refractivity contribution in [3.63, 3.8) is 0 Å². The average Bonchev–Trinajstić information content (AvgIpc) is 2.63. The van der Waals surface area contributed by atoms with Crippen LogP contribution in [0.4, 0.5) is 0 Å². The molecule has 0 unspecified atom stereocenters. The van der Waals surface area contributed by atoms with Crippen LogP contribution < -0.4 is 10.1 Å². The number of benzene rings is 1. The van der Waals surface area contributed by atoms with Crippen LogP contribution in [0.2, 0.25) is 0 Å². The van der Waals surface area contributed by atoms with Gasteiger partial charge < -0.3 is 19.7 Å². The van der Waals surface area contributed by atoms with E-state index in [0.29, 0.717) is 13.2 Å². The number of guanidine groups is 1. The van der Waals surface area contributed by atoms with Gasteiger partial charge in [0.15, 0.2) is 5.96 Å². The summed E-state index contributed by atoms with van der Waals surface area (Å²) in [5, 5.41) is 3.38. The number of nitrogens with one attached hydrogen (secondary N) is 1. The number of carbonyl (C=O) groups is 1. The van der Waals surface area contributed by atoms with E-state index in [4.69, 9.17) is 9.47 Å². The standard InChI is InChI=1S/C18H27N3O3.HI/c1-4-24-17(22)15-8-10-21(11-9-15)18(19-2)20-13-14-6-5-7-16(12-14)23-3;/h5-7,12,15H,4,8-11,13H2,1-3H3,(H,19,20);1H. The van der Waals surface area contributed by atoms with Crippen LogP contribution in [-0.2, 0) is 16.1 Å². The lowest BCUT2D eigenvalue weighted by Gasteiger charge is -2.33. The van der Waals surface area contributed by atoms with Crippen molar-refractivity contribution in [3.8, 4) is 5.75 Å². The lowest BCUT2D eigenvalue weighted by Crippen LogP contribution is -2.46. The maximum Gasteiger partial charge on any atom is 0.309 e. The smallest absolute Gasteiger partial charge is 0.309 e. The minimum absolute atomic E-state index is 0. The summed E-state index contributed by atoms with van der Waals surface area (Å²) in [7, 11) is 3.45. The molecule has 1 fully saturated rings. The number of hydrogen-bond acceptors (Lipinski definition) is 4. The number of halogens is 1. The second-order valence-electron chi connectivity index (χ2n) is 5.77. The zero-order valence-corrected chi connectivity index (χ0v) is 17.5. The monoisotopic (exact) mass is 461 g/mol. The summed E-state index contributed by atoms with van der Waals surface area (Å²) in [6, 6.07) is 7.96. The zero-order valence-electron chi connectivity index (χ0n) is 15.2. The SMILES string of the molecule is CCOC(=O)C1CCN(C(=NC)NCc2cccc(OC)c2)CC1.I. The molecule has 1 saturated heterocycles. The maximum atomic E-state index is 11.8. The summed E-state index contributed by atoms with van der Waals surface area (Å²) in [5.41, 5.74) is 1.14. The molecule has 1 heterocycles. The van der Waals surface area contributed by atoms with E-state index in [2.05, 4.69) is 21.3 Å². The molecule has 0 atom stereocenters. The van der Waals surface area contributed by atoms with Crippen LogP contribution >= 0.6 is 24.0 Å². The Morgan fingerprint density at radius 2 is 2.08 bits per heavy atom. The molecule has 0 bridgehead atoms. The molecule has 1 aliphatic rings. The molecule has 1 N–H and O–H groups in total. The van der Waals surface area contributed by atoms with Gasteiger partial charge in [-0.2, -0.15) is 0 Å². The molecule has 0 aliphatic carbocycles. The van der Waals surface area contributed by atoms with Crippen molar-refractivity contribution in [2.45, 2.75) is 26.3 Å².